The second-order valence-electron chi connectivity index (χ2n) is 4.15. The molecule has 0 aromatic heterocycles. The first-order valence-corrected chi connectivity index (χ1v) is 4.90. The second kappa shape index (κ2) is 4.58. The van der Waals surface area contributed by atoms with E-state index in [4.69, 9.17) is 10.2 Å². The summed E-state index contributed by atoms with van der Waals surface area (Å²) in [4.78, 5) is 0. The summed E-state index contributed by atoms with van der Waals surface area (Å²) >= 11 is 0. The molecule has 0 aliphatic carbocycles. The molecule has 0 amide bonds. The summed E-state index contributed by atoms with van der Waals surface area (Å²) in [6.45, 7) is 4.11. The number of benzene rings is 1. The van der Waals surface area contributed by atoms with E-state index in [2.05, 4.69) is 0 Å². The van der Waals surface area contributed by atoms with E-state index in [0.717, 1.165) is 5.56 Å². The van der Waals surface area contributed by atoms with Crippen LogP contribution in [-0.4, -0.2) is 23.4 Å². The van der Waals surface area contributed by atoms with Crippen LogP contribution in [0.25, 0.3) is 0 Å². The molecule has 78 valence electrons. The minimum Gasteiger partial charge on any atom is -0.396 e. The molecule has 0 atom stereocenters. The van der Waals surface area contributed by atoms with Crippen molar-refractivity contribution in [1.82, 2.24) is 0 Å². The Kier molecular flexibility index (Phi) is 3.67. The maximum absolute atomic E-state index is 9.16. The molecule has 1 aromatic rings. The molecule has 14 heavy (non-hydrogen) atoms. The van der Waals surface area contributed by atoms with Crippen LogP contribution < -0.4 is 0 Å². The first kappa shape index (κ1) is 11.2. The van der Waals surface area contributed by atoms with Gasteiger partial charge < -0.3 is 10.2 Å². The maximum atomic E-state index is 9.16. The Hall–Kier alpha value is -0.860. The Morgan fingerprint density at radius 3 is 2.00 bits per heavy atom. The average molecular weight is 194 g/mol. The van der Waals surface area contributed by atoms with Gasteiger partial charge in [0, 0.05) is 19.1 Å². The number of aliphatic hydroxyl groups is 2. The quantitative estimate of drug-likeness (QED) is 0.763. The van der Waals surface area contributed by atoms with Gasteiger partial charge in [-0.3, -0.25) is 0 Å². The topological polar surface area (TPSA) is 40.5 Å². The van der Waals surface area contributed by atoms with Gasteiger partial charge in [-0.2, -0.15) is 0 Å². The van der Waals surface area contributed by atoms with E-state index >= 15 is 0 Å². The van der Waals surface area contributed by atoms with Crippen molar-refractivity contribution in [2.24, 2.45) is 5.92 Å². The number of hydrogen-bond acceptors (Lipinski definition) is 2. The summed E-state index contributed by atoms with van der Waals surface area (Å²) in [6.07, 6.45) is 0. The molecule has 0 spiro atoms. The van der Waals surface area contributed by atoms with Gasteiger partial charge in [0.2, 0.25) is 0 Å². The Bertz CT molecular complexity index is 263. The minimum absolute atomic E-state index is 0.0123. The number of hydrogen-bond donors (Lipinski definition) is 2. The highest BCUT2D eigenvalue weighted by molar-refractivity contribution is 5.24. The lowest BCUT2D eigenvalue weighted by Gasteiger charge is -2.32. The predicted molar refractivity (Wildman–Crippen MR) is 57.1 cm³/mol. The van der Waals surface area contributed by atoms with Crippen molar-refractivity contribution in [3.05, 3.63) is 35.9 Å². The fourth-order valence-electron chi connectivity index (χ4n) is 1.62. The van der Waals surface area contributed by atoms with Gasteiger partial charge in [-0.05, 0) is 11.0 Å². The van der Waals surface area contributed by atoms with Crippen LogP contribution in [0.2, 0.25) is 0 Å². The molecule has 2 heteroatoms. The summed E-state index contributed by atoms with van der Waals surface area (Å²) in [5.74, 6) is -0.107. The van der Waals surface area contributed by atoms with Gasteiger partial charge in [-0.25, -0.2) is 0 Å². The van der Waals surface area contributed by atoms with Crippen LogP contribution in [0.5, 0.6) is 0 Å². The highest BCUT2D eigenvalue weighted by Crippen LogP contribution is 2.30. The summed E-state index contributed by atoms with van der Waals surface area (Å²) in [5, 5.41) is 18.3. The van der Waals surface area contributed by atoms with E-state index in [1.54, 1.807) is 0 Å². The molecule has 0 saturated heterocycles. The van der Waals surface area contributed by atoms with Crippen molar-refractivity contribution in [1.29, 1.82) is 0 Å². The SMILES string of the molecule is CC(C)(c1ccccc1)C(CO)CO. The third-order valence-corrected chi connectivity index (χ3v) is 2.98. The van der Waals surface area contributed by atoms with E-state index in [1.807, 2.05) is 44.2 Å². The van der Waals surface area contributed by atoms with E-state index in [-0.39, 0.29) is 24.5 Å². The molecule has 0 unspecified atom stereocenters. The van der Waals surface area contributed by atoms with Gasteiger partial charge in [-0.15, -0.1) is 0 Å². The van der Waals surface area contributed by atoms with Crippen molar-refractivity contribution in [2.45, 2.75) is 19.3 Å². The highest BCUT2D eigenvalue weighted by Gasteiger charge is 2.29. The summed E-state index contributed by atoms with van der Waals surface area (Å²) in [7, 11) is 0. The van der Waals surface area contributed by atoms with Gasteiger partial charge in [0.15, 0.2) is 0 Å². The minimum atomic E-state index is -0.190. The highest BCUT2D eigenvalue weighted by atomic mass is 16.3. The van der Waals surface area contributed by atoms with Crippen LogP contribution in [0.4, 0.5) is 0 Å². The summed E-state index contributed by atoms with van der Waals surface area (Å²) in [6, 6.07) is 9.97. The lowest BCUT2D eigenvalue weighted by molar-refractivity contribution is 0.100. The molecule has 0 heterocycles. The smallest absolute Gasteiger partial charge is 0.0489 e. The zero-order valence-electron chi connectivity index (χ0n) is 8.77. The predicted octanol–water partition coefficient (Wildman–Crippen LogP) is 1.56. The van der Waals surface area contributed by atoms with Crippen LogP contribution >= 0.6 is 0 Å². The number of aliphatic hydroxyl groups excluding tert-OH is 2. The maximum Gasteiger partial charge on any atom is 0.0489 e. The molecule has 2 N–H and O–H groups in total. The van der Waals surface area contributed by atoms with E-state index in [1.165, 1.54) is 0 Å². The Morgan fingerprint density at radius 1 is 1.07 bits per heavy atom. The Labute approximate surface area is 85.2 Å². The third kappa shape index (κ3) is 2.14. The molecule has 0 saturated carbocycles. The second-order valence-corrected chi connectivity index (χ2v) is 4.15. The molecule has 0 aliphatic rings. The normalized spacial score (nSPS) is 12.1. The van der Waals surface area contributed by atoms with Crippen LogP contribution in [0, 0.1) is 5.92 Å². The largest absolute Gasteiger partial charge is 0.396 e. The summed E-state index contributed by atoms with van der Waals surface area (Å²) < 4.78 is 0. The van der Waals surface area contributed by atoms with Crippen molar-refractivity contribution < 1.29 is 10.2 Å². The van der Waals surface area contributed by atoms with Gasteiger partial charge >= 0.3 is 0 Å². The summed E-state index contributed by atoms with van der Waals surface area (Å²) in [5.41, 5.74) is 0.957. The van der Waals surface area contributed by atoms with Gasteiger partial charge in [0.05, 0.1) is 0 Å². The molecule has 0 bridgehead atoms. The van der Waals surface area contributed by atoms with Crippen LogP contribution in [0.3, 0.4) is 0 Å². The van der Waals surface area contributed by atoms with Crippen LogP contribution in [0.15, 0.2) is 30.3 Å². The number of rotatable bonds is 4. The molecule has 1 rings (SSSR count). The van der Waals surface area contributed by atoms with Crippen LogP contribution in [0.1, 0.15) is 19.4 Å². The zero-order chi connectivity index (χ0) is 10.6. The zero-order valence-corrected chi connectivity index (χ0v) is 8.77. The fourth-order valence-corrected chi connectivity index (χ4v) is 1.62. The van der Waals surface area contributed by atoms with Crippen molar-refractivity contribution >= 4 is 0 Å². The standard InChI is InChI=1S/C12H18O2/c1-12(2,11(8-13)9-14)10-6-4-3-5-7-10/h3-7,11,13-14H,8-9H2,1-2H3. The first-order chi connectivity index (χ1) is 6.62. The molecule has 2 nitrogen and oxygen atoms in total. The molecule has 0 radical (unpaired) electrons. The van der Waals surface area contributed by atoms with E-state index < -0.39 is 0 Å². The molecular weight excluding hydrogens is 176 g/mol. The van der Waals surface area contributed by atoms with Gasteiger partial charge in [-0.1, -0.05) is 44.2 Å². The lowest BCUT2D eigenvalue weighted by atomic mass is 9.74. The monoisotopic (exact) mass is 194 g/mol. The third-order valence-electron chi connectivity index (χ3n) is 2.98. The molecular formula is C12H18O2. The van der Waals surface area contributed by atoms with Gasteiger partial charge in [0.25, 0.3) is 0 Å². The molecule has 1 aromatic carbocycles. The average Bonchev–Trinajstić information content (AvgIpc) is 2.20. The first-order valence-electron chi connectivity index (χ1n) is 4.90. The van der Waals surface area contributed by atoms with Gasteiger partial charge in [0.1, 0.15) is 0 Å². The molecule has 0 aliphatic heterocycles. The lowest BCUT2D eigenvalue weighted by Crippen LogP contribution is -2.33. The van der Waals surface area contributed by atoms with E-state index in [9.17, 15) is 0 Å². The Balaban J connectivity index is 2.94. The van der Waals surface area contributed by atoms with E-state index in [0.29, 0.717) is 0 Å². The van der Waals surface area contributed by atoms with Crippen molar-refractivity contribution in [2.75, 3.05) is 13.2 Å². The Morgan fingerprint density at radius 2 is 1.57 bits per heavy atom. The molecule has 0 fully saturated rings. The van der Waals surface area contributed by atoms with Crippen LogP contribution in [-0.2, 0) is 5.41 Å². The van der Waals surface area contributed by atoms with Crippen molar-refractivity contribution in [3.8, 4) is 0 Å². The fraction of sp³-hybridized carbons (Fsp3) is 0.500. The van der Waals surface area contributed by atoms with Crippen molar-refractivity contribution in [3.63, 3.8) is 0 Å².